The molecule has 0 bridgehead atoms. The minimum Gasteiger partial charge on any atom is -0.489 e. The molecule has 0 heterocycles. The Morgan fingerprint density at radius 3 is 2.52 bits per heavy atom. The Balaban J connectivity index is 2.47. The Labute approximate surface area is 144 Å². The number of halogens is 1. The topological polar surface area (TPSA) is 83.9 Å². The van der Waals surface area contributed by atoms with Crippen LogP contribution in [0.25, 0.3) is 0 Å². The molecule has 0 fully saturated rings. The van der Waals surface area contributed by atoms with Crippen LogP contribution in [0.3, 0.4) is 0 Å². The van der Waals surface area contributed by atoms with Gasteiger partial charge in [0.2, 0.25) is 0 Å². The maximum Gasteiger partial charge on any atom is 0.324 e. The van der Waals surface area contributed by atoms with Crippen LogP contribution >= 0.6 is 0 Å². The lowest BCUT2D eigenvalue weighted by molar-refractivity contribution is -0.135. The predicted molar refractivity (Wildman–Crippen MR) is 90.7 cm³/mol. The van der Waals surface area contributed by atoms with Gasteiger partial charge in [-0.3, -0.25) is 9.10 Å². The molecule has 0 saturated heterocycles. The first-order valence-corrected chi connectivity index (χ1v) is 8.62. The van der Waals surface area contributed by atoms with Crippen LogP contribution in [0.5, 0.6) is 5.75 Å². The normalized spacial score (nSPS) is 10.9. The maximum absolute atomic E-state index is 13.1. The second-order valence-corrected chi connectivity index (χ2v) is 6.82. The van der Waals surface area contributed by atoms with Crippen LogP contribution in [0, 0.1) is 5.82 Å². The Hall–Kier alpha value is -2.87. The molecule has 8 heteroatoms. The third kappa shape index (κ3) is 4.57. The van der Waals surface area contributed by atoms with Gasteiger partial charge < -0.3 is 9.84 Å². The minimum atomic E-state index is -4.19. The summed E-state index contributed by atoms with van der Waals surface area (Å²) in [5.41, 5.74) is 0.119. The van der Waals surface area contributed by atoms with Gasteiger partial charge >= 0.3 is 5.97 Å². The van der Waals surface area contributed by atoms with Gasteiger partial charge in [0.25, 0.3) is 10.0 Å². The Bertz CT molecular complexity index is 865. The van der Waals surface area contributed by atoms with Crippen molar-refractivity contribution < 1.29 is 27.4 Å². The van der Waals surface area contributed by atoms with Gasteiger partial charge in [-0.15, -0.1) is 0 Å². The van der Waals surface area contributed by atoms with E-state index < -0.39 is 28.4 Å². The van der Waals surface area contributed by atoms with E-state index in [-0.39, 0.29) is 17.2 Å². The lowest BCUT2D eigenvalue weighted by Gasteiger charge is -2.23. The first-order chi connectivity index (χ1) is 11.8. The van der Waals surface area contributed by atoms with Crippen molar-refractivity contribution in [3.8, 4) is 5.75 Å². The summed E-state index contributed by atoms with van der Waals surface area (Å²) in [5, 5.41) is 9.10. The van der Waals surface area contributed by atoms with Crippen molar-refractivity contribution in [2.45, 2.75) is 4.90 Å². The van der Waals surface area contributed by atoms with Gasteiger partial charge in [-0.25, -0.2) is 12.8 Å². The quantitative estimate of drug-likeness (QED) is 0.727. The molecule has 0 spiro atoms. The molecule has 1 N–H and O–H groups in total. The predicted octanol–water partition coefficient (Wildman–Crippen LogP) is 2.67. The fourth-order valence-electron chi connectivity index (χ4n) is 2.06. The van der Waals surface area contributed by atoms with Crippen molar-refractivity contribution in [3.05, 3.63) is 67.0 Å². The summed E-state index contributed by atoms with van der Waals surface area (Å²) < 4.78 is 44.7. The van der Waals surface area contributed by atoms with E-state index in [4.69, 9.17) is 9.84 Å². The van der Waals surface area contributed by atoms with Crippen LogP contribution in [0.1, 0.15) is 0 Å². The molecule has 132 valence electrons. The molecule has 25 heavy (non-hydrogen) atoms. The fraction of sp³-hybridized carbons (Fsp3) is 0.118. The molecule has 2 aromatic rings. The lowest BCUT2D eigenvalue weighted by Crippen LogP contribution is -2.35. The summed E-state index contributed by atoms with van der Waals surface area (Å²) >= 11 is 0. The van der Waals surface area contributed by atoms with E-state index in [0.29, 0.717) is 5.75 Å². The molecule has 0 aliphatic rings. The number of benzene rings is 2. The average Bonchev–Trinajstić information content (AvgIpc) is 2.58. The van der Waals surface area contributed by atoms with Gasteiger partial charge in [0.15, 0.2) is 0 Å². The smallest absolute Gasteiger partial charge is 0.324 e. The highest BCUT2D eigenvalue weighted by atomic mass is 32.2. The Morgan fingerprint density at radius 1 is 1.24 bits per heavy atom. The van der Waals surface area contributed by atoms with E-state index in [9.17, 15) is 17.6 Å². The minimum absolute atomic E-state index is 0.119. The Kier molecular flexibility index (Phi) is 5.76. The number of rotatable bonds is 8. The zero-order valence-corrected chi connectivity index (χ0v) is 13.9. The summed E-state index contributed by atoms with van der Waals surface area (Å²) in [6.45, 7) is 2.95. The molecular formula is C17H16FNO5S. The number of carboxylic acids is 1. The number of aliphatic carboxylic acids is 1. The van der Waals surface area contributed by atoms with Gasteiger partial charge in [-0.1, -0.05) is 18.7 Å². The highest BCUT2D eigenvalue weighted by Gasteiger charge is 2.27. The number of ether oxygens (including phenoxy) is 1. The zero-order valence-electron chi connectivity index (χ0n) is 13.1. The van der Waals surface area contributed by atoms with E-state index in [1.54, 1.807) is 12.1 Å². The van der Waals surface area contributed by atoms with Gasteiger partial charge in [0, 0.05) is 6.07 Å². The summed E-state index contributed by atoms with van der Waals surface area (Å²) in [7, 11) is -4.19. The molecule has 0 amide bonds. The van der Waals surface area contributed by atoms with Crippen molar-refractivity contribution in [1.82, 2.24) is 0 Å². The van der Waals surface area contributed by atoms with Crippen molar-refractivity contribution in [2.24, 2.45) is 0 Å². The molecule has 0 unspecified atom stereocenters. The molecule has 0 aliphatic carbocycles. The second kappa shape index (κ2) is 7.80. The number of nitrogens with zero attached hydrogens (tertiary/aromatic N) is 1. The fourth-order valence-corrected chi connectivity index (χ4v) is 3.46. The maximum atomic E-state index is 13.1. The molecular weight excluding hydrogens is 349 g/mol. The molecule has 0 aliphatic heterocycles. The van der Waals surface area contributed by atoms with E-state index in [1.807, 2.05) is 0 Å². The average molecular weight is 365 g/mol. The largest absolute Gasteiger partial charge is 0.489 e. The van der Waals surface area contributed by atoms with E-state index in [0.717, 1.165) is 28.6 Å². The molecule has 2 aromatic carbocycles. The summed E-state index contributed by atoms with van der Waals surface area (Å²) in [6, 6.07) is 10.2. The standard InChI is InChI=1S/C17H16FNO5S/c1-2-10-24-15-5-3-4-14(11-15)19(12-17(20)21)25(22,23)16-8-6-13(18)7-9-16/h2-9,11H,1,10,12H2,(H,20,21). The van der Waals surface area contributed by atoms with Crippen LogP contribution < -0.4 is 9.04 Å². The molecule has 0 atom stereocenters. The third-order valence-corrected chi connectivity index (χ3v) is 4.94. The number of hydrogen-bond donors (Lipinski definition) is 1. The first-order valence-electron chi connectivity index (χ1n) is 7.18. The monoisotopic (exact) mass is 365 g/mol. The van der Waals surface area contributed by atoms with Crippen LogP contribution in [0.15, 0.2) is 66.1 Å². The number of carboxylic acid groups (broad SMARTS) is 1. The lowest BCUT2D eigenvalue weighted by atomic mass is 10.3. The van der Waals surface area contributed by atoms with Gasteiger partial charge in [-0.2, -0.15) is 0 Å². The number of anilines is 1. The summed E-state index contributed by atoms with van der Waals surface area (Å²) in [6.07, 6.45) is 1.52. The van der Waals surface area contributed by atoms with Crippen molar-refractivity contribution in [3.63, 3.8) is 0 Å². The van der Waals surface area contributed by atoms with E-state index in [1.165, 1.54) is 18.2 Å². The molecule has 2 rings (SSSR count). The first kappa shape index (κ1) is 18.5. The molecule has 0 radical (unpaired) electrons. The summed E-state index contributed by atoms with van der Waals surface area (Å²) in [5.74, 6) is -1.56. The van der Waals surface area contributed by atoms with Crippen LogP contribution in [0.2, 0.25) is 0 Å². The number of hydrogen-bond acceptors (Lipinski definition) is 4. The number of carbonyl (C=O) groups is 1. The van der Waals surface area contributed by atoms with Crippen LogP contribution in [-0.2, 0) is 14.8 Å². The van der Waals surface area contributed by atoms with Crippen LogP contribution in [-0.4, -0.2) is 32.6 Å². The molecule has 0 saturated carbocycles. The van der Waals surface area contributed by atoms with Gasteiger partial charge in [-0.05, 0) is 36.4 Å². The Morgan fingerprint density at radius 2 is 1.92 bits per heavy atom. The highest BCUT2D eigenvalue weighted by Crippen LogP contribution is 2.27. The SMILES string of the molecule is C=CCOc1cccc(N(CC(=O)O)S(=O)(=O)c2ccc(F)cc2)c1. The van der Waals surface area contributed by atoms with E-state index >= 15 is 0 Å². The second-order valence-electron chi connectivity index (χ2n) is 4.96. The molecule has 6 nitrogen and oxygen atoms in total. The highest BCUT2D eigenvalue weighted by molar-refractivity contribution is 7.92. The van der Waals surface area contributed by atoms with E-state index in [2.05, 4.69) is 6.58 Å². The third-order valence-electron chi connectivity index (χ3n) is 3.15. The van der Waals surface area contributed by atoms with Gasteiger partial charge in [0.1, 0.15) is 24.7 Å². The van der Waals surface area contributed by atoms with Crippen molar-refractivity contribution >= 4 is 21.7 Å². The van der Waals surface area contributed by atoms with Crippen molar-refractivity contribution in [1.29, 1.82) is 0 Å². The summed E-state index contributed by atoms with van der Waals surface area (Å²) in [4.78, 5) is 10.9. The van der Waals surface area contributed by atoms with Crippen LogP contribution in [0.4, 0.5) is 10.1 Å². The van der Waals surface area contributed by atoms with Crippen molar-refractivity contribution in [2.75, 3.05) is 17.5 Å². The zero-order chi connectivity index (χ0) is 18.4. The molecule has 0 aromatic heterocycles. The van der Waals surface area contributed by atoms with Gasteiger partial charge in [0.05, 0.1) is 10.6 Å². The number of sulfonamides is 1.